The Balaban J connectivity index is 1.39. The van der Waals surface area contributed by atoms with Crippen LogP contribution in [-0.2, 0) is 9.53 Å². The second kappa shape index (κ2) is 10.2. The minimum Gasteiger partial charge on any atom is -0.451 e. The summed E-state index contributed by atoms with van der Waals surface area (Å²) in [7, 11) is 0. The summed E-state index contributed by atoms with van der Waals surface area (Å²) in [6, 6.07) is 15.0. The van der Waals surface area contributed by atoms with Crippen LogP contribution in [0.2, 0.25) is 0 Å². The average molecular weight is 436 g/mol. The van der Waals surface area contributed by atoms with Crippen LogP contribution >= 0.6 is 11.3 Å². The molecule has 2 aromatic heterocycles. The van der Waals surface area contributed by atoms with Gasteiger partial charge in [0.25, 0.3) is 5.91 Å². The molecule has 0 fully saturated rings. The Labute approximate surface area is 185 Å². The molecule has 0 radical (unpaired) electrons. The number of para-hydroxylation sites is 1. The van der Waals surface area contributed by atoms with Crippen molar-refractivity contribution in [1.29, 1.82) is 0 Å². The zero-order chi connectivity index (χ0) is 21.5. The van der Waals surface area contributed by atoms with E-state index in [1.807, 2.05) is 47.8 Å². The van der Waals surface area contributed by atoms with Crippen molar-refractivity contribution in [3.05, 3.63) is 71.3 Å². The maximum absolute atomic E-state index is 12.8. The van der Waals surface area contributed by atoms with Crippen molar-refractivity contribution in [2.24, 2.45) is 0 Å². The zero-order valence-corrected chi connectivity index (χ0v) is 18.1. The van der Waals surface area contributed by atoms with E-state index < -0.39 is 5.97 Å². The van der Waals surface area contributed by atoms with E-state index in [1.54, 1.807) is 22.1 Å². The molecule has 31 heavy (non-hydrogen) atoms. The fourth-order valence-electron chi connectivity index (χ4n) is 3.59. The van der Waals surface area contributed by atoms with Gasteiger partial charge in [0.15, 0.2) is 12.3 Å². The third-order valence-electron chi connectivity index (χ3n) is 5.18. The normalized spacial score (nSPS) is 13.5. The fraction of sp³-hybridized carbons (Fsp3) is 0.292. The number of esters is 1. The molecule has 0 unspecified atom stereocenters. The van der Waals surface area contributed by atoms with Gasteiger partial charge in [-0.2, -0.15) is 5.10 Å². The van der Waals surface area contributed by atoms with Crippen LogP contribution in [0.15, 0.2) is 65.6 Å². The Kier molecular flexibility index (Phi) is 6.94. The standard InChI is InChI=1S/C24H25N3O3S/c28-23(25-14-13-18-8-3-1-4-9-18)17-30-24(29)21-16-20(22-12-7-15-31-22)26-27(21)19-10-5-2-6-11-19/h2,5-8,10-12,15-16H,1,3-4,9,13-14,17H2,(H,25,28). The topological polar surface area (TPSA) is 73.2 Å². The van der Waals surface area contributed by atoms with Crippen molar-refractivity contribution in [2.45, 2.75) is 32.1 Å². The number of aromatic nitrogens is 2. The summed E-state index contributed by atoms with van der Waals surface area (Å²) in [6.07, 6.45) is 7.83. The minimum atomic E-state index is -0.579. The second-order valence-electron chi connectivity index (χ2n) is 7.42. The lowest BCUT2D eigenvalue weighted by Crippen LogP contribution is -2.30. The highest BCUT2D eigenvalue weighted by Gasteiger charge is 2.20. The molecule has 0 aliphatic heterocycles. The molecule has 3 aromatic rings. The maximum atomic E-state index is 12.8. The van der Waals surface area contributed by atoms with Crippen molar-refractivity contribution < 1.29 is 14.3 Å². The molecule has 1 N–H and O–H groups in total. The largest absolute Gasteiger partial charge is 0.451 e. The van der Waals surface area contributed by atoms with E-state index in [-0.39, 0.29) is 18.2 Å². The molecule has 160 valence electrons. The Bertz CT molecular complexity index is 1060. The SMILES string of the molecule is O=C(COC(=O)c1cc(-c2cccs2)nn1-c1ccccc1)NCCC1=CCCCC1. The van der Waals surface area contributed by atoms with Gasteiger partial charge in [0.2, 0.25) is 0 Å². The van der Waals surface area contributed by atoms with Gasteiger partial charge < -0.3 is 10.1 Å². The molecule has 0 saturated carbocycles. The van der Waals surface area contributed by atoms with E-state index >= 15 is 0 Å². The van der Waals surface area contributed by atoms with Crippen LogP contribution in [0, 0.1) is 0 Å². The van der Waals surface area contributed by atoms with Crippen molar-refractivity contribution in [3.63, 3.8) is 0 Å². The van der Waals surface area contributed by atoms with Gasteiger partial charge in [-0.3, -0.25) is 4.79 Å². The van der Waals surface area contributed by atoms with Gasteiger partial charge in [0.1, 0.15) is 5.69 Å². The van der Waals surface area contributed by atoms with Crippen LogP contribution in [0.5, 0.6) is 0 Å². The van der Waals surface area contributed by atoms with Crippen molar-refractivity contribution in [3.8, 4) is 16.3 Å². The zero-order valence-electron chi connectivity index (χ0n) is 17.3. The number of thiophene rings is 1. The summed E-state index contributed by atoms with van der Waals surface area (Å²) in [4.78, 5) is 25.9. The first-order valence-electron chi connectivity index (χ1n) is 10.5. The van der Waals surface area contributed by atoms with Crippen molar-refractivity contribution >= 4 is 23.2 Å². The van der Waals surface area contributed by atoms with E-state index in [1.165, 1.54) is 18.4 Å². The number of hydrogen-bond acceptors (Lipinski definition) is 5. The monoisotopic (exact) mass is 435 g/mol. The van der Waals surface area contributed by atoms with Crippen LogP contribution in [0.3, 0.4) is 0 Å². The van der Waals surface area contributed by atoms with Gasteiger partial charge in [-0.25, -0.2) is 9.48 Å². The van der Waals surface area contributed by atoms with Crippen LogP contribution in [0.25, 0.3) is 16.3 Å². The van der Waals surface area contributed by atoms with Gasteiger partial charge in [0, 0.05) is 12.6 Å². The molecule has 2 heterocycles. The van der Waals surface area contributed by atoms with Gasteiger partial charge >= 0.3 is 5.97 Å². The van der Waals surface area contributed by atoms with Gasteiger partial charge in [-0.05, 0) is 55.7 Å². The number of nitrogens with zero attached hydrogens (tertiary/aromatic N) is 2. The number of carbonyl (C=O) groups excluding carboxylic acids is 2. The first-order valence-corrected chi connectivity index (χ1v) is 11.4. The molecule has 0 saturated heterocycles. The summed E-state index contributed by atoms with van der Waals surface area (Å²) < 4.78 is 6.86. The van der Waals surface area contributed by atoms with Crippen LogP contribution in [0.1, 0.15) is 42.6 Å². The van der Waals surface area contributed by atoms with E-state index in [2.05, 4.69) is 16.5 Å². The quantitative estimate of drug-likeness (QED) is 0.409. The molecule has 6 nitrogen and oxygen atoms in total. The molecule has 1 aliphatic carbocycles. The molecular weight excluding hydrogens is 410 g/mol. The van der Waals surface area contributed by atoms with Gasteiger partial charge in [0.05, 0.1) is 10.6 Å². The Morgan fingerprint density at radius 2 is 2.00 bits per heavy atom. The highest BCUT2D eigenvalue weighted by Crippen LogP contribution is 2.26. The number of hydrogen-bond donors (Lipinski definition) is 1. The summed E-state index contributed by atoms with van der Waals surface area (Å²) in [5.74, 6) is -0.877. The fourth-order valence-corrected chi connectivity index (χ4v) is 4.27. The lowest BCUT2D eigenvalue weighted by molar-refractivity contribution is -0.124. The summed E-state index contributed by atoms with van der Waals surface area (Å²) >= 11 is 1.55. The van der Waals surface area contributed by atoms with Gasteiger partial charge in [-0.1, -0.05) is 35.9 Å². The molecule has 4 rings (SSSR count). The van der Waals surface area contributed by atoms with E-state index in [0.29, 0.717) is 12.2 Å². The number of ether oxygens (including phenoxy) is 1. The maximum Gasteiger partial charge on any atom is 0.357 e. The summed E-state index contributed by atoms with van der Waals surface area (Å²) in [5, 5.41) is 9.39. The Morgan fingerprint density at radius 3 is 2.74 bits per heavy atom. The van der Waals surface area contributed by atoms with Crippen LogP contribution in [-0.4, -0.2) is 34.8 Å². The predicted molar refractivity (Wildman–Crippen MR) is 121 cm³/mol. The van der Waals surface area contributed by atoms with E-state index in [4.69, 9.17) is 4.74 Å². The number of carbonyl (C=O) groups is 2. The second-order valence-corrected chi connectivity index (χ2v) is 8.37. The number of nitrogens with one attached hydrogen (secondary N) is 1. The lowest BCUT2D eigenvalue weighted by atomic mass is 9.97. The molecule has 1 amide bonds. The van der Waals surface area contributed by atoms with Gasteiger partial charge in [-0.15, -0.1) is 11.3 Å². The minimum absolute atomic E-state index is 0.287. The van der Waals surface area contributed by atoms with Crippen molar-refractivity contribution in [2.75, 3.05) is 13.2 Å². The number of rotatable bonds is 8. The van der Waals surface area contributed by atoms with Crippen molar-refractivity contribution in [1.82, 2.24) is 15.1 Å². The number of allylic oxidation sites excluding steroid dienone is 1. The smallest absolute Gasteiger partial charge is 0.357 e. The summed E-state index contributed by atoms with van der Waals surface area (Å²) in [5.41, 5.74) is 3.13. The lowest BCUT2D eigenvalue weighted by Gasteiger charge is -2.13. The Hall–Kier alpha value is -3.19. The molecule has 1 aromatic carbocycles. The average Bonchev–Trinajstić information content (AvgIpc) is 3.49. The number of amides is 1. The Morgan fingerprint density at radius 1 is 1.13 bits per heavy atom. The molecule has 0 atom stereocenters. The highest BCUT2D eigenvalue weighted by molar-refractivity contribution is 7.13. The predicted octanol–water partition coefficient (Wildman–Crippen LogP) is 4.76. The van der Waals surface area contributed by atoms with E-state index in [0.717, 1.165) is 29.8 Å². The molecular formula is C24H25N3O3S. The third-order valence-corrected chi connectivity index (χ3v) is 6.07. The first-order chi connectivity index (χ1) is 15.2. The van der Waals surface area contributed by atoms with E-state index in [9.17, 15) is 9.59 Å². The molecule has 0 bridgehead atoms. The molecule has 0 spiro atoms. The molecule has 7 heteroatoms. The third kappa shape index (κ3) is 5.49. The molecule has 1 aliphatic rings. The highest BCUT2D eigenvalue weighted by atomic mass is 32.1. The van der Waals surface area contributed by atoms with Crippen LogP contribution < -0.4 is 5.32 Å². The summed E-state index contributed by atoms with van der Waals surface area (Å²) in [6.45, 7) is 0.249. The number of benzene rings is 1. The van der Waals surface area contributed by atoms with Crippen LogP contribution in [0.4, 0.5) is 0 Å². The first kappa shape index (κ1) is 21.1.